The molecule has 8 heteroatoms. The van der Waals surface area contributed by atoms with Crippen LogP contribution in [0.1, 0.15) is 5.56 Å². The van der Waals surface area contributed by atoms with E-state index < -0.39 is 12.0 Å². The third kappa shape index (κ3) is 4.82. The molecule has 0 bridgehead atoms. The van der Waals surface area contributed by atoms with Crippen molar-refractivity contribution in [3.8, 4) is 17.2 Å². The molecule has 2 aromatic carbocycles. The number of rotatable bonds is 5. The van der Waals surface area contributed by atoms with E-state index in [0.717, 1.165) is 12.7 Å². The van der Waals surface area contributed by atoms with Crippen LogP contribution in [0.5, 0.6) is 17.2 Å². The van der Waals surface area contributed by atoms with E-state index in [1.54, 1.807) is 24.3 Å². The number of hydrogen-bond acceptors (Lipinski definition) is 4. The Hall–Kier alpha value is -0.340. The van der Waals surface area contributed by atoms with Crippen LogP contribution in [0.25, 0.3) is 0 Å². The predicted octanol–water partition coefficient (Wildman–Crippen LogP) is 3.95. The van der Waals surface area contributed by atoms with Crippen LogP contribution in [-0.4, -0.2) is 22.2 Å². The van der Waals surface area contributed by atoms with Gasteiger partial charge in [-0.15, -0.1) is 0 Å². The zero-order valence-corrected chi connectivity index (χ0v) is 18.1. The minimum atomic E-state index is -1.02. The number of carboxylic acid groups (broad SMARTS) is 1. The number of aliphatic carboxylic acids is 1. The van der Waals surface area contributed by atoms with Crippen molar-refractivity contribution in [3.05, 3.63) is 46.6 Å². The van der Waals surface area contributed by atoms with E-state index in [9.17, 15) is 9.90 Å². The molecule has 122 valence electrons. The van der Waals surface area contributed by atoms with Crippen molar-refractivity contribution in [2.45, 2.75) is 12.5 Å². The average Bonchev–Trinajstić information content (AvgIpc) is 2.50. The number of hydrogen-bond donors (Lipinski definition) is 3. The Morgan fingerprint density at radius 3 is 2.48 bits per heavy atom. The van der Waals surface area contributed by atoms with E-state index in [1.165, 1.54) is 0 Å². The van der Waals surface area contributed by atoms with Gasteiger partial charge in [-0.3, -0.25) is 4.79 Å². The van der Waals surface area contributed by atoms with Gasteiger partial charge in [0.2, 0.25) is 0 Å². The third-order valence-electron chi connectivity index (χ3n) is 3.03. The molecular weight excluding hydrogens is 639 g/mol. The Labute approximate surface area is 174 Å². The molecule has 5 nitrogen and oxygen atoms in total. The first-order valence-electron chi connectivity index (χ1n) is 6.41. The van der Waals surface area contributed by atoms with Gasteiger partial charge in [0.1, 0.15) is 23.3 Å². The average molecular weight is 651 g/mol. The highest BCUT2D eigenvalue weighted by Gasteiger charge is 2.17. The summed E-state index contributed by atoms with van der Waals surface area (Å²) >= 11 is 6.36. The number of carbonyl (C=O) groups is 1. The number of benzene rings is 2. The van der Waals surface area contributed by atoms with Gasteiger partial charge in [0.05, 0.1) is 7.14 Å². The van der Waals surface area contributed by atoms with Crippen LogP contribution in [0.15, 0.2) is 30.3 Å². The summed E-state index contributed by atoms with van der Waals surface area (Å²) in [5.74, 6) is 0.482. The van der Waals surface area contributed by atoms with Gasteiger partial charge in [-0.1, -0.05) is 6.07 Å². The number of nitrogens with two attached hydrogens (primary N) is 1. The van der Waals surface area contributed by atoms with Crippen LogP contribution in [0.3, 0.4) is 0 Å². The summed E-state index contributed by atoms with van der Waals surface area (Å²) in [5, 5.41) is 18.5. The summed E-state index contributed by atoms with van der Waals surface area (Å²) in [5.41, 5.74) is 6.47. The summed E-state index contributed by atoms with van der Waals surface area (Å²) in [6.07, 6.45) is 0.265. The molecule has 4 N–H and O–H groups in total. The molecule has 0 fully saturated rings. The van der Waals surface area contributed by atoms with E-state index in [2.05, 4.69) is 45.2 Å². The van der Waals surface area contributed by atoms with Crippen LogP contribution in [0.4, 0.5) is 0 Å². The smallest absolute Gasteiger partial charge is 0.320 e. The Kier molecular flexibility index (Phi) is 6.74. The van der Waals surface area contributed by atoms with Crippen molar-refractivity contribution in [1.82, 2.24) is 0 Å². The topological polar surface area (TPSA) is 92.8 Å². The molecule has 0 unspecified atom stereocenters. The number of aromatic hydroxyl groups is 1. The highest BCUT2D eigenvalue weighted by molar-refractivity contribution is 14.1. The zero-order chi connectivity index (χ0) is 17.1. The second-order valence-corrected chi connectivity index (χ2v) is 8.03. The number of ether oxygens (including phenoxy) is 1. The first-order valence-corrected chi connectivity index (χ1v) is 9.65. The lowest BCUT2D eigenvalue weighted by Crippen LogP contribution is -2.32. The molecule has 2 rings (SSSR count). The van der Waals surface area contributed by atoms with Crippen molar-refractivity contribution in [3.63, 3.8) is 0 Å². The van der Waals surface area contributed by atoms with E-state index >= 15 is 0 Å². The van der Waals surface area contributed by atoms with Crippen molar-refractivity contribution in [1.29, 1.82) is 0 Å². The second-order valence-electron chi connectivity index (χ2n) is 4.71. The molecular formula is C15H12I3NO4. The molecule has 1 atom stereocenters. The summed E-state index contributed by atoms with van der Waals surface area (Å²) < 4.78 is 8.37. The lowest BCUT2D eigenvalue weighted by Gasteiger charge is -2.14. The molecule has 0 aliphatic heterocycles. The first kappa shape index (κ1) is 19.0. The van der Waals surface area contributed by atoms with Gasteiger partial charge in [-0.05, 0) is 104 Å². The van der Waals surface area contributed by atoms with Crippen molar-refractivity contribution in [2.75, 3.05) is 0 Å². The highest BCUT2D eigenvalue weighted by atomic mass is 127. The molecule has 0 aliphatic carbocycles. The second kappa shape index (κ2) is 8.16. The van der Waals surface area contributed by atoms with Crippen LogP contribution < -0.4 is 10.5 Å². The molecule has 0 saturated carbocycles. The van der Waals surface area contributed by atoms with Crippen LogP contribution in [0.2, 0.25) is 0 Å². The molecule has 0 amide bonds. The van der Waals surface area contributed by atoms with E-state index in [-0.39, 0.29) is 12.2 Å². The Morgan fingerprint density at radius 2 is 1.87 bits per heavy atom. The minimum absolute atomic E-state index is 0.209. The molecule has 0 aromatic heterocycles. The fraction of sp³-hybridized carbons (Fsp3) is 0.133. The molecule has 0 aliphatic rings. The molecule has 0 radical (unpaired) electrons. The fourth-order valence-corrected chi connectivity index (χ4v) is 3.60. The van der Waals surface area contributed by atoms with E-state index in [0.29, 0.717) is 15.1 Å². The lowest BCUT2D eigenvalue weighted by atomic mass is 10.1. The Balaban J connectivity index is 2.26. The van der Waals surface area contributed by atoms with Crippen molar-refractivity contribution < 1.29 is 19.7 Å². The SMILES string of the molecule is N[C@H](Cc1ccc(Oc2ccc(O)c(I)c2)c(I)c1I)C(=O)O. The number of carboxylic acids is 1. The summed E-state index contributed by atoms with van der Waals surface area (Å²) in [4.78, 5) is 10.9. The summed E-state index contributed by atoms with van der Waals surface area (Å²) in [7, 11) is 0. The highest BCUT2D eigenvalue weighted by Crippen LogP contribution is 2.34. The first-order chi connectivity index (χ1) is 10.8. The van der Waals surface area contributed by atoms with Crippen molar-refractivity contribution in [2.24, 2.45) is 5.73 Å². The van der Waals surface area contributed by atoms with E-state index in [4.69, 9.17) is 15.6 Å². The number of phenols is 1. The lowest BCUT2D eigenvalue weighted by molar-refractivity contribution is -0.138. The van der Waals surface area contributed by atoms with Gasteiger partial charge in [0, 0.05) is 3.57 Å². The van der Waals surface area contributed by atoms with Crippen LogP contribution in [0, 0.1) is 10.7 Å². The fourth-order valence-electron chi connectivity index (χ4n) is 1.81. The third-order valence-corrected chi connectivity index (χ3v) is 7.23. The van der Waals surface area contributed by atoms with Gasteiger partial charge in [-0.25, -0.2) is 0 Å². The maximum Gasteiger partial charge on any atom is 0.320 e. The quantitative estimate of drug-likeness (QED) is 0.427. The Bertz CT molecular complexity index is 752. The molecule has 0 heterocycles. The maximum absolute atomic E-state index is 10.9. The summed E-state index contributed by atoms with van der Waals surface area (Å²) in [6, 6.07) is 7.71. The minimum Gasteiger partial charge on any atom is -0.507 e. The standard InChI is InChI=1S/C15H12I3NO4/c16-9-6-8(2-3-11(9)20)23-12-4-1-7(13(17)14(12)18)5-10(19)15(21)22/h1-4,6,10,20H,5,19H2,(H,21,22)/t10-/m1/s1. The number of phenolic OH excluding ortho intramolecular Hbond substituents is 1. The van der Waals surface area contributed by atoms with Gasteiger partial charge in [0.15, 0.2) is 0 Å². The maximum atomic E-state index is 10.9. The van der Waals surface area contributed by atoms with Crippen LogP contribution in [-0.2, 0) is 11.2 Å². The monoisotopic (exact) mass is 651 g/mol. The normalized spacial score (nSPS) is 12.0. The van der Waals surface area contributed by atoms with Gasteiger partial charge in [0.25, 0.3) is 0 Å². The predicted molar refractivity (Wildman–Crippen MR) is 112 cm³/mol. The van der Waals surface area contributed by atoms with Crippen molar-refractivity contribution >= 4 is 73.7 Å². The largest absolute Gasteiger partial charge is 0.507 e. The number of halogens is 3. The molecule has 2 aromatic rings. The van der Waals surface area contributed by atoms with E-state index in [1.807, 2.05) is 28.7 Å². The van der Waals surface area contributed by atoms with Gasteiger partial charge >= 0.3 is 5.97 Å². The molecule has 0 saturated heterocycles. The molecule has 23 heavy (non-hydrogen) atoms. The zero-order valence-electron chi connectivity index (χ0n) is 11.6. The van der Waals surface area contributed by atoms with Gasteiger partial charge in [-0.2, -0.15) is 0 Å². The van der Waals surface area contributed by atoms with Crippen LogP contribution >= 0.6 is 67.8 Å². The molecule has 0 spiro atoms. The van der Waals surface area contributed by atoms with Gasteiger partial charge < -0.3 is 20.7 Å². The summed E-state index contributed by atoms with van der Waals surface area (Å²) in [6.45, 7) is 0. The Morgan fingerprint density at radius 1 is 1.17 bits per heavy atom.